The van der Waals surface area contributed by atoms with Gasteiger partial charge in [-0.3, -0.25) is 0 Å². The molecule has 2 fully saturated rings. The van der Waals surface area contributed by atoms with E-state index in [0.717, 1.165) is 24.0 Å². The fraction of sp³-hybridized carbons (Fsp3) is 1.00. The van der Waals surface area contributed by atoms with Gasteiger partial charge in [-0.15, -0.1) is 0 Å². The number of hydrogen-bond acceptors (Lipinski definition) is 1. The number of hydrogen-bond donors (Lipinski definition) is 0. The summed E-state index contributed by atoms with van der Waals surface area (Å²) in [5.41, 5.74) is 1.51. The van der Waals surface area contributed by atoms with E-state index in [4.69, 9.17) is 4.74 Å². The van der Waals surface area contributed by atoms with Gasteiger partial charge in [-0.2, -0.15) is 0 Å². The van der Waals surface area contributed by atoms with Crippen molar-refractivity contribution in [2.75, 3.05) is 13.2 Å². The molecule has 20 heavy (non-hydrogen) atoms. The predicted octanol–water partition coefficient (Wildman–Crippen LogP) is 6.11. The van der Waals surface area contributed by atoms with E-state index in [0.29, 0.717) is 0 Å². The van der Waals surface area contributed by atoms with E-state index < -0.39 is 0 Å². The van der Waals surface area contributed by atoms with E-state index in [2.05, 4.69) is 13.8 Å². The largest absolute Gasteiger partial charge is 0.381 e. The Morgan fingerprint density at radius 3 is 1.45 bits per heavy atom. The molecule has 0 unspecified atom stereocenters. The maximum atomic E-state index is 5.74. The highest BCUT2D eigenvalue weighted by atomic mass is 16.5. The van der Waals surface area contributed by atoms with Crippen LogP contribution in [-0.4, -0.2) is 13.2 Å². The van der Waals surface area contributed by atoms with Crippen LogP contribution in [0.5, 0.6) is 0 Å². The third-order valence-corrected chi connectivity index (χ3v) is 5.60. The summed E-state index contributed by atoms with van der Waals surface area (Å²) in [6.07, 6.45) is 18.4. The maximum Gasteiger partial charge on any atom is 0.0466 e. The molecule has 0 aliphatic heterocycles. The molecule has 0 N–H and O–H groups in total. The van der Waals surface area contributed by atoms with Gasteiger partial charge in [0.2, 0.25) is 0 Å². The summed E-state index contributed by atoms with van der Waals surface area (Å²) in [6.45, 7) is 6.87. The van der Waals surface area contributed by atoms with Crippen LogP contribution >= 0.6 is 0 Å². The van der Waals surface area contributed by atoms with Crippen LogP contribution in [0.25, 0.3) is 0 Å². The molecule has 0 saturated heterocycles. The van der Waals surface area contributed by atoms with E-state index >= 15 is 0 Å². The molecule has 1 heteroatoms. The monoisotopic (exact) mass is 280 g/mol. The van der Waals surface area contributed by atoms with Crippen molar-refractivity contribution in [3.8, 4) is 0 Å². The SMILES string of the molecule is CC1(CCCCCCOCCCCCC2(C)CC2)CC1. The Kier molecular flexibility index (Phi) is 6.39. The summed E-state index contributed by atoms with van der Waals surface area (Å²) >= 11 is 0. The molecule has 0 aromatic carbocycles. The lowest BCUT2D eigenvalue weighted by Crippen LogP contribution is -1.99. The lowest BCUT2D eigenvalue weighted by Gasteiger charge is -2.08. The summed E-state index contributed by atoms with van der Waals surface area (Å²) in [6, 6.07) is 0. The maximum absolute atomic E-state index is 5.74. The zero-order valence-corrected chi connectivity index (χ0v) is 14.0. The second kappa shape index (κ2) is 7.82. The molecule has 118 valence electrons. The summed E-state index contributed by atoms with van der Waals surface area (Å²) < 4.78 is 5.74. The molecule has 2 aliphatic rings. The van der Waals surface area contributed by atoms with Crippen LogP contribution in [0.2, 0.25) is 0 Å². The van der Waals surface area contributed by atoms with Gasteiger partial charge in [-0.25, -0.2) is 0 Å². The molecule has 0 atom stereocenters. The second-order valence-electron chi connectivity index (χ2n) is 8.21. The molecule has 0 amide bonds. The normalized spacial score (nSPS) is 21.9. The molecule has 0 heterocycles. The van der Waals surface area contributed by atoms with Gasteiger partial charge in [-0.1, -0.05) is 46.0 Å². The molecule has 0 radical (unpaired) electrons. The van der Waals surface area contributed by atoms with Crippen LogP contribution in [0.3, 0.4) is 0 Å². The van der Waals surface area contributed by atoms with Crippen LogP contribution < -0.4 is 0 Å². The molecule has 2 saturated carbocycles. The average Bonchev–Trinajstić information content (AvgIpc) is 3.32. The third kappa shape index (κ3) is 7.11. The minimum Gasteiger partial charge on any atom is -0.381 e. The molecule has 1 nitrogen and oxygen atoms in total. The standard InChI is InChI=1S/C19H36O/c1-18(12-13-18)10-6-3-4-8-16-20-17-9-5-7-11-19(2)14-15-19/h3-17H2,1-2H3. The molecular weight excluding hydrogens is 244 g/mol. The zero-order chi connectivity index (χ0) is 14.3. The van der Waals surface area contributed by atoms with Gasteiger partial charge in [0.05, 0.1) is 0 Å². The Bertz CT molecular complexity index is 235. The molecule has 2 rings (SSSR count). The van der Waals surface area contributed by atoms with Gasteiger partial charge in [0.1, 0.15) is 0 Å². The molecule has 0 bridgehead atoms. The molecule has 0 spiro atoms. The van der Waals surface area contributed by atoms with Crippen LogP contribution in [0.1, 0.15) is 97.3 Å². The molecule has 0 aromatic heterocycles. The highest BCUT2D eigenvalue weighted by Gasteiger charge is 2.36. The van der Waals surface area contributed by atoms with Gasteiger partial charge >= 0.3 is 0 Å². The van der Waals surface area contributed by atoms with Crippen molar-refractivity contribution in [3.63, 3.8) is 0 Å². The van der Waals surface area contributed by atoms with E-state index in [-0.39, 0.29) is 0 Å². The Labute approximate surface area is 126 Å². The molecular formula is C19H36O. The summed E-state index contributed by atoms with van der Waals surface area (Å²) in [5, 5.41) is 0. The Balaban J connectivity index is 1.24. The van der Waals surface area contributed by atoms with E-state index in [1.807, 2.05) is 0 Å². The van der Waals surface area contributed by atoms with Crippen molar-refractivity contribution < 1.29 is 4.74 Å². The third-order valence-electron chi connectivity index (χ3n) is 5.60. The van der Waals surface area contributed by atoms with Gasteiger partial charge in [0.15, 0.2) is 0 Å². The predicted molar refractivity (Wildman–Crippen MR) is 87.1 cm³/mol. The van der Waals surface area contributed by atoms with E-state index in [9.17, 15) is 0 Å². The number of ether oxygens (including phenoxy) is 1. The van der Waals surface area contributed by atoms with E-state index in [1.54, 1.807) is 0 Å². The summed E-state index contributed by atoms with van der Waals surface area (Å²) in [4.78, 5) is 0. The zero-order valence-electron chi connectivity index (χ0n) is 14.0. The van der Waals surface area contributed by atoms with Gasteiger partial charge in [0, 0.05) is 13.2 Å². The van der Waals surface area contributed by atoms with Gasteiger partial charge in [-0.05, 0) is 62.2 Å². The fourth-order valence-corrected chi connectivity index (χ4v) is 3.07. The van der Waals surface area contributed by atoms with Gasteiger partial charge in [0.25, 0.3) is 0 Å². The molecule has 0 aromatic rings. The number of unbranched alkanes of at least 4 members (excludes halogenated alkanes) is 5. The van der Waals surface area contributed by atoms with Crippen molar-refractivity contribution in [2.24, 2.45) is 10.8 Å². The van der Waals surface area contributed by atoms with E-state index in [1.165, 1.54) is 83.5 Å². The van der Waals surface area contributed by atoms with Crippen LogP contribution in [0.4, 0.5) is 0 Å². The topological polar surface area (TPSA) is 9.23 Å². The first-order valence-electron chi connectivity index (χ1n) is 9.20. The van der Waals surface area contributed by atoms with Crippen molar-refractivity contribution in [3.05, 3.63) is 0 Å². The number of rotatable bonds is 13. The highest BCUT2D eigenvalue weighted by molar-refractivity contribution is 4.88. The van der Waals surface area contributed by atoms with Crippen molar-refractivity contribution in [1.29, 1.82) is 0 Å². The minimum absolute atomic E-state index is 0.748. The van der Waals surface area contributed by atoms with Crippen LogP contribution in [0.15, 0.2) is 0 Å². The first kappa shape index (κ1) is 16.3. The van der Waals surface area contributed by atoms with Crippen LogP contribution in [0, 0.1) is 10.8 Å². The lowest BCUT2D eigenvalue weighted by atomic mass is 10.0. The quantitative estimate of drug-likeness (QED) is 0.370. The first-order valence-corrected chi connectivity index (χ1v) is 9.20. The second-order valence-corrected chi connectivity index (χ2v) is 8.21. The van der Waals surface area contributed by atoms with Crippen molar-refractivity contribution >= 4 is 0 Å². The molecule has 2 aliphatic carbocycles. The highest BCUT2D eigenvalue weighted by Crippen LogP contribution is 2.49. The average molecular weight is 280 g/mol. The first-order chi connectivity index (χ1) is 9.62. The minimum atomic E-state index is 0.748. The smallest absolute Gasteiger partial charge is 0.0466 e. The Hall–Kier alpha value is -0.0400. The van der Waals surface area contributed by atoms with Crippen molar-refractivity contribution in [1.82, 2.24) is 0 Å². The fourth-order valence-electron chi connectivity index (χ4n) is 3.07. The van der Waals surface area contributed by atoms with Crippen LogP contribution in [-0.2, 0) is 4.74 Å². The Morgan fingerprint density at radius 2 is 1.00 bits per heavy atom. The summed E-state index contributed by atoms with van der Waals surface area (Å²) in [5.74, 6) is 0. The Morgan fingerprint density at radius 1 is 0.600 bits per heavy atom. The summed E-state index contributed by atoms with van der Waals surface area (Å²) in [7, 11) is 0. The lowest BCUT2D eigenvalue weighted by molar-refractivity contribution is 0.125. The van der Waals surface area contributed by atoms with Gasteiger partial charge < -0.3 is 4.74 Å². The van der Waals surface area contributed by atoms with Crippen molar-refractivity contribution in [2.45, 2.75) is 97.3 Å².